The molecule has 0 saturated carbocycles. The minimum absolute atomic E-state index is 0.00390. The molecule has 3 atom stereocenters. The molecule has 0 bridgehead atoms. The van der Waals surface area contributed by atoms with E-state index in [4.69, 9.17) is 0 Å². The number of amides is 1. The van der Waals surface area contributed by atoms with Crippen LogP contribution in [0.15, 0.2) is 18.2 Å². The quantitative estimate of drug-likeness (QED) is 0.767. The van der Waals surface area contributed by atoms with Crippen molar-refractivity contribution in [3.63, 3.8) is 0 Å². The number of hydrogen-bond donors (Lipinski definition) is 1. The third-order valence-corrected chi connectivity index (χ3v) is 5.43. The minimum atomic E-state index is -0.768. The zero-order valence-electron chi connectivity index (χ0n) is 15.9. The van der Waals surface area contributed by atoms with Crippen LogP contribution in [0, 0.1) is 23.5 Å². The molecule has 1 aromatic carbocycles. The Morgan fingerprint density at radius 1 is 1.27 bits per heavy atom. The van der Waals surface area contributed by atoms with Crippen LogP contribution in [0.25, 0.3) is 0 Å². The lowest BCUT2D eigenvalue weighted by atomic mass is 9.88. The number of benzene rings is 1. The van der Waals surface area contributed by atoms with Gasteiger partial charge in [-0.1, -0.05) is 26.7 Å². The van der Waals surface area contributed by atoms with E-state index in [-0.39, 0.29) is 30.0 Å². The van der Waals surface area contributed by atoms with Gasteiger partial charge >= 0.3 is 0 Å². The summed E-state index contributed by atoms with van der Waals surface area (Å²) in [6.07, 6.45) is 3.12. The monoisotopic (exact) mass is 368 g/mol. The summed E-state index contributed by atoms with van der Waals surface area (Å²) >= 11 is 0. The topological polar surface area (TPSA) is 43.8 Å². The van der Waals surface area contributed by atoms with Crippen molar-refractivity contribution in [3.8, 4) is 0 Å². The standard InChI is InChI=1S/C20H30F2N2O2/c1-4-6-7-23(3)12-18-14(5-2)11-24(19(18)13-25)20(26)15-8-16(21)10-17(22)9-15/h8-10,14,18-19,25H,4-7,11-13H2,1-3H3/t14-,18-,19-/m1/s1. The SMILES string of the molecule is CCCCN(C)C[C@@H]1[C@H](CC)CN(C(=O)c2cc(F)cc(F)c2)[C@@H]1CO. The second kappa shape index (κ2) is 9.42. The van der Waals surface area contributed by atoms with Crippen LogP contribution in [0.4, 0.5) is 8.78 Å². The lowest BCUT2D eigenvalue weighted by molar-refractivity contribution is 0.0622. The fourth-order valence-corrected chi connectivity index (χ4v) is 3.96. The van der Waals surface area contributed by atoms with Crippen molar-refractivity contribution in [1.82, 2.24) is 9.80 Å². The van der Waals surface area contributed by atoms with Crippen LogP contribution < -0.4 is 0 Å². The van der Waals surface area contributed by atoms with E-state index in [1.165, 1.54) is 0 Å². The molecule has 1 fully saturated rings. The first kappa shape index (κ1) is 20.8. The Morgan fingerprint density at radius 2 is 1.92 bits per heavy atom. The predicted molar refractivity (Wildman–Crippen MR) is 97.9 cm³/mol. The lowest BCUT2D eigenvalue weighted by Gasteiger charge is -2.30. The molecule has 1 aliphatic rings. The highest BCUT2D eigenvalue weighted by Gasteiger charge is 2.43. The number of nitrogens with zero attached hydrogens (tertiary/aromatic N) is 2. The van der Waals surface area contributed by atoms with E-state index in [1.54, 1.807) is 4.90 Å². The first-order valence-electron chi connectivity index (χ1n) is 9.47. The average Bonchev–Trinajstić information content (AvgIpc) is 2.95. The first-order valence-corrected chi connectivity index (χ1v) is 9.47. The number of aliphatic hydroxyl groups is 1. The molecule has 1 aliphatic heterocycles. The van der Waals surface area contributed by atoms with Crippen LogP contribution in [0.1, 0.15) is 43.5 Å². The Bertz CT molecular complexity index is 591. The summed E-state index contributed by atoms with van der Waals surface area (Å²) in [4.78, 5) is 16.7. The van der Waals surface area contributed by atoms with Crippen LogP contribution in [-0.2, 0) is 0 Å². The molecule has 0 aliphatic carbocycles. The van der Waals surface area contributed by atoms with Crippen molar-refractivity contribution in [2.24, 2.45) is 11.8 Å². The van der Waals surface area contributed by atoms with Gasteiger partial charge in [-0.2, -0.15) is 0 Å². The van der Waals surface area contributed by atoms with Crippen LogP contribution in [0.5, 0.6) is 0 Å². The molecule has 6 heteroatoms. The Balaban J connectivity index is 2.19. The van der Waals surface area contributed by atoms with Crippen molar-refractivity contribution >= 4 is 5.91 Å². The maximum Gasteiger partial charge on any atom is 0.254 e. The summed E-state index contributed by atoms with van der Waals surface area (Å²) in [7, 11) is 2.06. The van der Waals surface area contributed by atoms with Gasteiger partial charge in [0.1, 0.15) is 11.6 Å². The number of halogens is 2. The second-order valence-corrected chi connectivity index (χ2v) is 7.31. The van der Waals surface area contributed by atoms with Gasteiger partial charge in [0.05, 0.1) is 12.6 Å². The Labute approximate surface area is 154 Å². The molecule has 146 valence electrons. The molecule has 1 amide bonds. The van der Waals surface area contributed by atoms with Crippen molar-refractivity contribution in [3.05, 3.63) is 35.4 Å². The molecule has 1 aromatic rings. The third kappa shape index (κ3) is 4.80. The maximum absolute atomic E-state index is 13.5. The second-order valence-electron chi connectivity index (χ2n) is 7.31. The number of hydrogen-bond acceptors (Lipinski definition) is 3. The summed E-state index contributed by atoms with van der Waals surface area (Å²) in [6.45, 7) is 6.36. The molecule has 1 heterocycles. The Kier molecular flexibility index (Phi) is 7.53. The Hall–Kier alpha value is -1.53. The summed E-state index contributed by atoms with van der Waals surface area (Å²) < 4.78 is 27.0. The van der Waals surface area contributed by atoms with E-state index >= 15 is 0 Å². The molecule has 1 N–H and O–H groups in total. The summed E-state index contributed by atoms with van der Waals surface area (Å²) in [6, 6.07) is 2.54. The molecule has 1 saturated heterocycles. The molecule has 0 radical (unpaired) electrons. The minimum Gasteiger partial charge on any atom is -0.394 e. The van der Waals surface area contributed by atoms with Gasteiger partial charge in [0.25, 0.3) is 5.91 Å². The van der Waals surface area contributed by atoms with E-state index in [2.05, 4.69) is 25.8 Å². The van der Waals surface area contributed by atoms with Crippen LogP contribution in [-0.4, -0.2) is 60.1 Å². The van der Waals surface area contributed by atoms with E-state index in [0.29, 0.717) is 6.54 Å². The van der Waals surface area contributed by atoms with E-state index in [9.17, 15) is 18.7 Å². The summed E-state index contributed by atoms with van der Waals surface area (Å²) in [5.41, 5.74) is -0.00390. The first-order chi connectivity index (χ1) is 12.4. The fourth-order valence-electron chi connectivity index (χ4n) is 3.96. The smallest absolute Gasteiger partial charge is 0.254 e. The normalized spacial score (nSPS) is 23.0. The third-order valence-electron chi connectivity index (χ3n) is 5.43. The van der Waals surface area contributed by atoms with Crippen LogP contribution in [0.2, 0.25) is 0 Å². The number of unbranched alkanes of at least 4 members (excludes halogenated alkanes) is 1. The van der Waals surface area contributed by atoms with Gasteiger partial charge in [-0.25, -0.2) is 8.78 Å². The Morgan fingerprint density at radius 3 is 2.46 bits per heavy atom. The highest BCUT2D eigenvalue weighted by atomic mass is 19.1. The van der Waals surface area contributed by atoms with Gasteiger partial charge in [-0.15, -0.1) is 0 Å². The molecule has 4 nitrogen and oxygen atoms in total. The number of carbonyl (C=O) groups excluding carboxylic acids is 1. The number of aliphatic hydroxyl groups excluding tert-OH is 1. The molecule has 26 heavy (non-hydrogen) atoms. The molecule has 0 spiro atoms. The van der Waals surface area contributed by atoms with Crippen LogP contribution >= 0.6 is 0 Å². The van der Waals surface area contributed by atoms with Crippen molar-refractivity contribution in [2.75, 3.05) is 33.3 Å². The largest absolute Gasteiger partial charge is 0.394 e. The molecular formula is C20H30F2N2O2. The van der Waals surface area contributed by atoms with Gasteiger partial charge in [-0.3, -0.25) is 4.79 Å². The maximum atomic E-state index is 13.5. The molecule has 2 rings (SSSR count). The van der Waals surface area contributed by atoms with Gasteiger partial charge < -0.3 is 14.9 Å². The number of carbonyl (C=O) groups is 1. The van der Waals surface area contributed by atoms with E-state index in [0.717, 1.165) is 50.6 Å². The van der Waals surface area contributed by atoms with Gasteiger partial charge in [0, 0.05) is 24.7 Å². The molecular weight excluding hydrogens is 338 g/mol. The summed E-state index contributed by atoms with van der Waals surface area (Å²) in [5, 5.41) is 9.95. The highest BCUT2D eigenvalue weighted by molar-refractivity contribution is 5.94. The summed E-state index contributed by atoms with van der Waals surface area (Å²) in [5.74, 6) is -1.54. The highest BCUT2D eigenvalue weighted by Crippen LogP contribution is 2.34. The van der Waals surface area contributed by atoms with E-state index in [1.807, 2.05) is 0 Å². The van der Waals surface area contributed by atoms with E-state index < -0.39 is 17.5 Å². The fraction of sp³-hybridized carbons (Fsp3) is 0.650. The zero-order valence-corrected chi connectivity index (χ0v) is 15.9. The molecule has 0 unspecified atom stereocenters. The predicted octanol–water partition coefficient (Wildman–Crippen LogP) is 3.16. The lowest BCUT2D eigenvalue weighted by Crippen LogP contribution is -2.43. The number of rotatable bonds is 8. The van der Waals surface area contributed by atoms with Gasteiger partial charge in [0.2, 0.25) is 0 Å². The van der Waals surface area contributed by atoms with Gasteiger partial charge in [0.15, 0.2) is 0 Å². The molecule has 0 aromatic heterocycles. The van der Waals surface area contributed by atoms with Crippen molar-refractivity contribution < 1.29 is 18.7 Å². The van der Waals surface area contributed by atoms with Gasteiger partial charge in [-0.05, 0) is 44.0 Å². The van der Waals surface area contributed by atoms with Crippen molar-refractivity contribution in [1.29, 1.82) is 0 Å². The van der Waals surface area contributed by atoms with Crippen LogP contribution in [0.3, 0.4) is 0 Å². The number of likely N-dealkylation sites (tertiary alicyclic amines) is 1. The van der Waals surface area contributed by atoms with Crippen molar-refractivity contribution in [2.45, 2.75) is 39.2 Å². The zero-order chi connectivity index (χ0) is 19.3. The average molecular weight is 368 g/mol.